The van der Waals surface area contributed by atoms with Gasteiger partial charge in [0.25, 0.3) is 5.91 Å². The summed E-state index contributed by atoms with van der Waals surface area (Å²) in [5.74, 6) is 1.06. The van der Waals surface area contributed by atoms with Crippen molar-refractivity contribution in [3.8, 4) is 5.75 Å². The first-order valence-electron chi connectivity index (χ1n) is 9.71. The van der Waals surface area contributed by atoms with Crippen molar-refractivity contribution >= 4 is 22.4 Å². The molecule has 4 nitrogen and oxygen atoms in total. The summed E-state index contributed by atoms with van der Waals surface area (Å²) >= 11 is 0. The number of benzene rings is 3. The molecule has 0 aliphatic heterocycles. The van der Waals surface area contributed by atoms with Crippen LogP contribution in [0.1, 0.15) is 36.7 Å². The topological polar surface area (TPSA) is 47.6 Å². The van der Waals surface area contributed by atoms with E-state index in [1.165, 1.54) is 0 Å². The van der Waals surface area contributed by atoms with Crippen molar-refractivity contribution in [1.82, 2.24) is 0 Å². The van der Waals surface area contributed by atoms with Crippen LogP contribution in [0, 0.1) is 5.92 Å². The predicted octanol–water partition coefficient (Wildman–Crippen LogP) is 5.66. The minimum atomic E-state index is -0.149. The molecule has 3 aromatic carbocycles. The van der Waals surface area contributed by atoms with E-state index in [1.54, 1.807) is 6.07 Å². The van der Waals surface area contributed by atoms with Gasteiger partial charge in [-0.3, -0.25) is 4.79 Å². The van der Waals surface area contributed by atoms with Crippen LogP contribution in [-0.2, 0) is 11.3 Å². The maximum absolute atomic E-state index is 12.9. The Morgan fingerprint density at radius 3 is 2.61 bits per heavy atom. The molecule has 0 heterocycles. The smallest absolute Gasteiger partial charge is 0.255 e. The lowest BCUT2D eigenvalue weighted by Crippen LogP contribution is -2.13. The van der Waals surface area contributed by atoms with E-state index in [0.29, 0.717) is 31.3 Å². The number of carbonyl (C=O) groups is 1. The van der Waals surface area contributed by atoms with Gasteiger partial charge < -0.3 is 14.8 Å². The summed E-state index contributed by atoms with van der Waals surface area (Å²) in [6, 6.07) is 19.4. The third-order valence-electron chi connectivity index (χ3n) is 4.37. The normalized spacial score (nSPS) is 11.0. The molecule has 0 atom stereocenters. The summed E-state index contributed by atoms with van der Waals surface area (Å²) in [6.07, 6.45) is 0. The number of ether oxygens (including phenoxy) is 2. The summed E-state index contributed by atoms with van der Waals surface area (Å²) < 4.78 is 11.5. The minimum Gasteiger partial charge on any atom is -0.494 e. The van der Waals surface area contributed by atoms with Crippen molar-refractivity contribution < 1.29 is 14.3 Å². The molecule has 0 radical (unpaired) electrons. The molecule has 0 saturated carbocycles. The number of nitrogens with one attached hydrogen (secondary N) is 1. The Morgan fingerprint density at radius 1 is 1.04 bits per heavy atom. The van der Waals surface area contributed by atoms with Crippen molar-refractivity contribution in [2.45, 2.75) is 27.4 Å². The largest absolute Gasteiger partial charge is 0.494 e. The van der Waals surface area contributed by atoms with Gasteiger partial charge in [-0.15, -0.1) is 0 Å². The van der Waals surface area contributed by atoms with Gasteiger partial charge >= 0.3 is 0 Å². The van der Waals surface area contributed by atoms with E-state index in [9.17, 15) is 4.79 Å². The maximum atomic E-state index is 12.9. The van der Waals surface area contributed by atoms with Crippen LogP contribution in [0.5, 0.6) is 5.75 Å². The number of hydrogen-bond acceptors (Lipinski definition) is 3. The van der Waals surface area contributed by atoms with E-state index in [-0.39, 0.29) is 5.91 Å². The van der Waals surface area contributed by atoms with E-state index in [0.717, 1.165) is 27.8 Å². The van der Waals surface area contributed by atoms with Crippen LogP contribution in [0.4, 0.5) is 5.69 Å². The van der Waals surface area contributed by atoms with Crippen LogP contribution in [0.25, 0.3) is 10.8 Å². The highest BCUT2D eigenvalue weighted by atomic mass is 16.5. The van der Waals surface area contributed by atoms with Gasteiger partial charge in [-0.2, -0.15) is 0 Å². The second-order valence-electron chi connectivity index (χ2n) is 7.15. The molecule has 0 aliphatic carbocycles. The predicted molar refractivity (Wildman–Crippen MR) is 114 cm³/mol. The monoisotopic (exact) mass is 377 g/mol. The summed E-state index contributed by atoms with van der Waals surface area (Å²) in [7, 11) is 0. The highest BCUT2D eigenvalue weighted by Crippen LogP contribution is 2.25. The van der Waals surface area contributed by atoms with Crippen molar-refractivity contribution in [2.24, 2.45) is 5.92 Å². The minimum absolute atomic E-state index is 0.149. The lowest BCUT2D eigenvalue weighted by atomic mass is 10.1. The molecule has 0 fully saturated rings. The average molecular weight is 377 g/mol. The van der Waals surface area contributed by atoms with Gasteiger partial charge in [0.15, 0.2) is 0 Å². The molecular weight excluding hydrogens is 350 g/mol. The fourth-order valence-electron chi connectivity index (χ4n) is 3.06. The maximum Gasteiger partial charge on any atom is 0.255 e. The molecule has 0 bridgehead atoms. The first-order chi connectivity index (χ1) is 13.6. The van der Waals surface area contributed by atoms with Crippen molar-refractivity contribution in [3.63, 3.8) is 0 Å². The van der Waals surface area contributed by atoms with Gasteiger partial charge in [-0.1, -0.05) is 50.2 Å². The van der Waals surface area contributed by atoms with Crippen molar-refractivity contribution in [2.75, 3.05) is 18.5 Å². The Morgan fingerprint density at radius 2 is 1.82 bits per heavy atom. The van der Waals surface area contributed by atoms with Crippen molar-refractivity contribution in [1.29, 1.82) is 0 Å². The van der Waals surface area contributed by atoms with E-state index >= 15 is 0 Å². The number of anilines is 1. The second kappa shape index (κ2) is 9.38. The second-order valence-corrected chi connectivity index (χ2v) is 7.15. The van der Waals surface area contributed by atoms with Gasteiger partial charge in [0.2, 0.25) is 0 Å². The van der Waals surface area contributed by atoms with Crippen LogP contribution in [-0.4, -0.2) is 19.1 Å². The molecule has 146 valence electrons. The molecule has 0 spiro atoms. The zero-order valence-corrected chi connectivity index (χ0v) is 16.7. The van der Waals surface area contributed by atoms with Gasteiger partial charge in [-0.25, -0.2) is 0 Å². The highest BCUT2D eigenvalue weighted by Gasteiger charge is 2.12. The third-order valence-corrected chi connectivity index (χ3v) is 4.37. The molecular formula is C24H27NO3. The Bertz CT molecular complexity index is 944. The molecule has 0 unspecified atom stereocenters. The lowest BCUT2D eigenvalue weighted by Gasteiger charge is -2.14. The van der Waals surface area contributed by atoms with Gasteiger partial charge in [0.1, 0.15) is 5.75 Å². The first-order valence-corrected chi connectivity index (χ1v) is 9.71. The molecule has 0 saturated heterocycles. The quantitative estimate of drug-likeness (QED) is 0.551. The Kier molecular flexibility index (Phi) is 6.66. The third kappa shape index (κ3) is 4.90. The van der Waals surface area contributed by atoms with E-state index in [4.69, 9.17) is 9.47 Å². The van der Waals surface area contributed by atoms with Gasteiger partial charge in [0, 0.05) is 28.8 Å². The number of amides is 1. The Labute approximate surface area is 166 Å². The van der Waals surface area contributed by atoms with Crippen LogP contribution < -0.4 is 10.1 Å². The van der Waals surface area contributed by atoms with E-state index in [1.807, 2.05) is 61.5 Å². The number of carbonyl (C=O) groups excluding carboxylic acids is 1. The number of hydrogen-bond donors (Lipinski definition) is 1. The number of fused-ring (bicyclic) bond motifs is 1. The molecule has 3 rings (SSSR count). The summed E-state index contributed by atoms with van der Waals surface area (Å²) in [4.78, 5) is 12.9. The SMILES string of the molecule is CCOc1ccc(C(=O)Nc2cccc3ccccc23)cc1COCC(C)C. The summed E-state index contributed by atoms with van der Waals surface area (Å²) in [5.41, 5.74) is 2.27. The molecule has 28 heavy (non-hydrogen) atoms. The molecule has 4 heteroatoms. The molecule has 0 aromatic heterocycles. The first kappa shape index (κ1) is 19.9. The fourth-order valence-corrected chi connectivity index (χ4v) is 3.06. The van der Waals surface area contributed by atoms with E-state index < -0.39 is 0 Å². The highest BCUT2D eigenvalue weighted by molar-refractivity contribution is 6.09. The average Bonchev–Trinajstić information content (AvgIpc) is 2.69. The molecule has 3 aromatic rings. The Hall–Kier alpha value is -2.85. The van der Waals surface area contributed by atoms with Crippen LogP contribution in [0.15, 0.2) is 60.7 Å². The van der Waals surface area contributed by atoms with Crippen LogP contribution in [0.2, 0.25) is 0 Å². The van der Waals surface area contributed by atoms with Crippen LogP contribution >= 0.6 is 0 Å². The molecule has 1 amide bonds. The summed E-state index contributed by atoms with van der Waals surface area (Å²) in [6.45, 7) is 7.81. The molecule has 0 aliphatic rings. The zero-order chi connectivity index (χ0) is 19.9. The Balaban J connectivity index is 1.82. The standard InChI is InChI=1S/C24H27NO3/c1-4-28-23-13-12-19(14-20(23)16-27-15-17(2)3)24(26)25-22-11-7-9-18-8-5-6-10-21(18)22/h5-14,17H,4,15-16H2,1-3H3,(H,25,26). The van der Waals surface area contributed by atoms with E-state index in [2.05, 4.69) is 19.2 Å². The van der Waals surface area contributed by atoms with Crippen molar-refractivity contribution in [3.05, 3.63) is 71.8 Å². The lowest BCUT2D eigenvalue weighted by molar-refractivity contribution is 0.0948. The zero-order valence-electron chi connectivity index (χ0n) is 16.7. The fraction of sp³-hybridized carbons (Fsp3) is 0.292. The molecule has 1 N–H and O–H groups in total. The van der Waals surface area contributed by atoms with Gasteiger partial charge in [-0.05, 0) is 42.5 Å². The number of rotatable bonds is 8. The summed E-state index contributed by atoms with van der Waals surface area (Å²) in [5, 5.41) is 5.14. The van der Waals surface area contributed by atoms with Crippen LogP contribution in [0.3, 0.4) is 0 Å². The van der Waals surface area contributed by atoms with Gasteiger partial charge in [0.05, 0.1) is 13.2 Å².